The first kappa shape index (κ1) is 15.1. The van der Waals surface area contributed by atoms with Crippen LogP contribution in [0.15, 0.2) is 54.7 Å². The van der Waals surface area contributed by atoms with Crippen LogP contribution in [-0.4, -0.2) is 47.2 Å². The van der Waals surface area contributed by atoms with Gasteiger partial charge in [0.15, 0.2) is 0 Å². The second-order valence-electron chi connectivity index (χ2n) is 6.45. The van der Waals surface area contributed by atoms with Gasteiger partial charge in [-0.15, -0.1) is 0 Å². The van der Waals surface area contributed by atoms with Gasteiger partial charge < -0.3 is 14.4 Å². The maximum absolute atomic E-state index is 12.6. The molecule has 0 unspecified atom stereocenters. The number of rotatable bonds is 3. The number of nitrogens with zero attached hydrogens (tertiary/aromatic N) is 2. The van der Waals surface area contributed by atoms with E-state index in [-0.39, 0.29) is 17.6 Å². The SMILES string of the molecule is O=C(c1ccccc1)N1CC[C@]2(C[C@@H](Oc3ccccn3)CO2)C1. The summed E-state index contributed by atoms with van der Waals surface area (Å²) in [6, 6.07) is 15.0. The second-order valence-corrected chi connectivity index (χ2v) is 6.45. The number of carbonyl (C=O) groups is 1. The number of aromatic nitrogens is 1. The molecule has 1 spiro atoms. The zero-order chi connectivity index (χ0) is 16.4. The van der Waals surface area contributed by atoms with Crippen LogP contribution in [0.5, 0.6) is 5.88 Å². The summed E-state index contributed by atoms with van der Waals surface area (Å²) in [5, 5.41) is 0. The van der Waals surface area contributed by atoms with Crippen LogP contribution in [0.1, 0.15) is 23.2 Å². The molecule has 0 radical (unpaired) electrons. The Labute approximate surface area is 141 Å². The van der Waals surface area contributed by atoms with Gasteiger partial charge in [0, 0.05) is 30.8 Å². The molecular formula is C19H20N2O3. The van der Waals surface area contributed by atoms with Gasteiger partial charge in [-0.1, -0.05) is 24.3 Å². The fourth-order valence-electron chi connectivity index (χ4n) is 3.53. The zero-order valence-corrected chi connectivity index (χ0v) is 13.4. The molecule has 1 amide bonds. The molecule has 1 aromatic heterocycles. The first-order valence-electron chi connectivity index (χ1n) is 8.30. The third kappa shape index (κ3) is 2.99. The number of benzene rings is 1. The van der Waals surface area contributed by atoms with E-state index in [1.54, 1.807) is 6.20 Å². The van der Waals surface area contributed by atoms with Crippen molar-refractivity contribution in [2.45, 2.75) is 24.5 Å². The van der Waals surface area contributed by atoms with Gasteiger partial charge in [-0.25, -0.2) is 4.98 Å². The number of pyridine rings is 1. The van der Waals surface area contributed by atoms with E-state index in [9.17, 15) is 4.79 Å². The van der Waals surface area contributed by atoms with Crippen molar-refractivity contribution in [1.82, 2.24) is 9.88 Å². The fourth-order valence-corrected chi connectivity index (χ4v) is 3.53. The highest BCUT2D eigenvalue weighted by molar-refractivity contribution is 5.94. The quantitative estimate of drug-likeness (QED) is 0.870. The predicted octanol–water partition coefficient (Wildman–Crippen LogP) is 2.53. The maximum atomic E-state index is 12.6. The van der Waals surface area contributed by atoms with Crippen LogP contribution in [0.2, 0.25) is 0 Å². The molecule has 2 fully saturated rings. The maximum Gasteiger partial charge on any atom is 0.253 e. The van der Waals surface area contributed by atoms with E-state index in [0.29, 0.717) is 19.0 Å². The molecule has 2 atom stereocenters. The van der Waals surface area contributed by atoms with E-state index >= 15 is 0 Å². The Morgan fingerprint density at radius 3 is 2.83 bits per heavy atom. The average Bonchev–Trinajstić information content (AvgIpc) is 3.23. The molecule has 0 bridgehead atoms. The van der Waals surface area contributed by atoms with Crippen molar-refractivity contribution in [3.05, 3.63) is 60.3 Å². The molecule has 0 aliphatic carbocycles. The Hall–Kier alpha value is -2.40. The van der Waals surface area contributed by atoms with Crippen LogP contribution >= 0.6 is 0 Å². The van der Waals surface area contributed by atoms with Crippen molar-refractivity contribution in [2.75, 3.05) is 19.7 Å². The molecule has 24 heavy (non-hydrogen) atoms. The molecule has 1 aromatic carbocycles. The topological polar surface area (TPSA) is 51.7 Å². The normalized spacial score (nSPS) is 26.0. The van der Waals surface area contributed by atoms with Crippen molar-refractivity contribution in [3.8, 4) is 5.88 Å². The summed E-state index contributed by atoms with van der Waals surface area (Å²) >= 11 is 0. The first-order valence-corrected chi connectivity index (χ1v) is 8.30. The molecule has 2 saturated heterocycles. The summed E-state index contributed by atoms with van der Waals surface area (Å²) in [4.78, 5) is 18.7. The molecule has 5 heteroatoms. The van der Waals surface area contributed by atoms with Gasteiger partial charge in [0.1, 0.15) is 6.10 Å². The molecule has 5 nitrogen and oxygen atoms in total. The van der Waals surface area contributed by atoms with Gasteiger partial charge in [-0.3, -0.25) is 4.79 Å². The van der Waals surface area contributed by atoms with Gasteiger partial charge in [0.05, 0.1) is 18.8 Å². The van der Waals surface area contributed by atoms with Gasteiger partial charge >= 0.3 is 0 Å². The molecule has 2 aromatic rings. The highest BCUT2D eigenvalue weighted by Gasteiger charge is 2.47. The molecule has 2 aliphatic rings. The van der Waals surface area contributed by atoms with Crippen LogP contribution < -0.4 is 4.74 Å². The monoisotopic (exact) mass is 324 g/mol. The van der Waals surface area contributed by atoms with Crippen molar-refractivity contribution < 1.29 is 14.3 Å². The Morgan fingerprint density at radius 1 is 1.21 bits per heavy atom. The van der Waals surface area contributed by atoms with Gasteiger partial charge in [-0.05, 0) is 24.6 Å². The smallest absolute Gasteiger partial charge is 0.253 e. The zero-order valence-electron chi connectivity index (χ0n) is 13.4. The summed E-state index contributed by atoms with van der Waals surface area (Å²) in [5.74, 6) is 0.698. The molecule has 4 rings (SSSR count). The molecular weight excluding hydrogens is 304 g/mol. The standard InChI is InChI=1S/C19H20N2O3/c22-18(15-6-2-1-3-7-15)21-11-9-19(14-21)12-16(13-23-19)24-17-8-4-5-10-20-17/h1-8,10,16H,9,11-14H2/t16-,19+/m1/s1. The number of hydrogen-bond donors (Lipinski definition) is 0. The van der Waals surface area contributed by atoms with Crippen LogP contribution in [-0.2, 0) is 4.74 Å². The number of hydrogen-bond acceptors (Lipinski definition) is 4. The first-order chi connectivity index (χ1) is 11.7. The largest absolute Gasteiger partial charge is 0.472 e. The van der Waals surface area contributed by atoms with Gasteiger partial charge in [-0.2, -0.15) is 0 Å². The van der Waals surface area contributed by atoms with Crippen LogP contribution in [0, 0.1) is 0 Å². The minimum atomic E-state index is -0.274. The number of likely N-dealkylation sites (tertiary alicyclic amines) is 1. The number of carbonyl (C=O) groups excluding carboxylic acids is 1. The molecule has 0 saturated carbocycles. The summed E-state index contributed by atoms with van der Waals surface area (Å²) in [7, 11) is 0. The minimum absolute atomic E-state index is 0.00771. The second kappa shape index (κ2) is 6.24. The average molecular weight is 324 g/mol. The lowest BCUT2D eigenvalue weighted by Gasteiger charge is -2.23. The van der Waals surface area contributed by atoms with Crippen molar-refractivity contribution in [3.63, 3.8) is 0 Å². The molecule has 0 N–H and O–H groups in total. The Kier molecular flexibility index (Phi) is 3.94. The van der Waals surface area contributed by atoms with E-state index in [1.165, 1.54) is 0 Å². The van der Waals surface area contributed by atoms with Crippen molar-refractivity contribution in [1.29, 1.82) is 0 Å². The third-order valence-electron chi connectivity index (χ3n) is 4.72. The summed E-state index contributed by atoms with van der Waals surface area (Å²) in [5.41, 5.74) is 0.456. The summed E-state index contributed by atoms with van der Waals surface area (Å²) < 4.78 is 12.0. The summed E-state index contributed by atoms with van der Waals surface area (Å²) in [6.07, 6.45) is 3.36. The third-order valence-corrected chi connectivity index (χ3v) is 4.72. The van der Waals surface area contributed by atoms with Crippen molar-refractivity contribution in [2.24, 2.45) is 0 Å². The highest BCUT2D eigenvalue weighted by Crippen LogP contribution is 2.36. The summed E-state index contributed by atoms with van der Waals surface area (Å²) in [6.45, 7) is 1.90. The fraction of sp³-hybridized carbons (Fsp3) is 0.368. The highest BCUT2D eigenvalue weighted by atomic mass is 16.6. The Morgan fingerprint density at radius 2 is 2.04 bits per heavy atom. The van der Waals surface area contributed by atoms with Crippen LogP contribution in [0.3, 0.4) is 0 Å². The predicted molar refractivity (Wildman–Crippen MR) is 88.9 cm³/mol. The van der Waals surface area contributed by atoms with E-state index in [1.807, 2.05) is 53.4 Å². The molecule has 2 aliphatic heterocycles. The van der Waals surface area contributed by atoms with Crippen LogP contribution in [0.4, 0.5) is 0 Å². The lowest BCUT2D eigenvalue weighted by molar-refractivity contribution is 0.00985. The van der Waals surface area contributed by atoms with E-state index in [2.05, 4.69) is 4.98 Å². The van der Waals surface area contributed by atoms with Crippen molar-refractivity contribution >= 4 is 5.91 Å². The van der Waals surface area contributed by atoms with Crippen LogP contribution in [0.25, 0.3) is 0 Å². The van der Waals surface area contributed by atoms with Gasteiger partial charge in [0.25, 0.3) is 5.91 Å². The van der Waals surface area contributed by atoms with E-state index < -0.39 is 0 Å². The lowest BCUT2D eigenvalue weighted by Crippen LogP contribution is -2.36. The lowest BCUT2D eigenvalue weighted by atomic mass is 9.98. The number of amides is 1. The minimum Gasteiger partial charge on any atom is -0.472 e. The Bertz CT molecular complexity index is 707. The van der Waals surface area contributed by atoms with E-state index in [4.69, 9.17) is 9.47 Å². The van der Waals surface area contributed by atoms with Gasteiger partial charge in [0.2, 0.25) is 5.88 Å². The Balaban J connectivity index is 1.39. The molecule has 124 valence electrons. The van der Waals surface area contributed by atoms with E-state index in [0.717, 1.165) is 24.9 Å². The number of ether oxygens (including phenoxy) is 2. The molecule has 3 heterocycles.